The molecular formula is C35H26F4N6O8S. The van der Waals surface area contributed by atoms with Gasteiger partial charge in [0.25, 0.3) is 17.7 Å². The number of rotatable bonds is 4. The van der Waals surface area contributed by atoms with Crippen molar-refractivity contribution in [1.82, 2.24) is 13.7 Å². The monoisotopic (exact) mass is 766 g/mol. The zero-order valence-electron chi connectivity index (χ0n) is 28.3. The van der Waals surface area contributed by atoms with Crippen LogP contribution >= 0.6 is 12.2 Å². The topological polar surface area (TPSA) is 145 Å². The number of hydrogen-bond donors (Lipinski definition) is 0. The number of fused-ring (bicyclic) bond motifs is 2. The predicted molar refractivity (Wildman–Crippen MR) is 185 cm³/mol. The standard InChI is InChI=1S/C19H15FN2O4.C16H11F3N4O4S/c1-2-7-21-15-9-14(13(20)8-16(15)26-10-17(21)23)22-18(24)11-5-3-4-6-12(11)19(22)25;1-4-5-22-10-7-9(8(17)6-11(10)27-16(18,19)12(22)24)23-13(25)20(2)15(28)21(3)14(23)26/h1,8-9H,3-7,10H2;1,6-7H,5H2,2-3H3. The highest BCUT2D eigenvalue weighted by atomic mass is 32.1. The van der Waals surface area contributed by atoms with Gasteiger partial charge in [0.15, 0.2) is 28.8 Å². The average Bonchev–Trinajstić information content (AvgIpc) is 3.39. The van der Waals surface area contributed by atoms with E-state index in [2.05, 4.69) is 10.7 Å². The molecule has 0 saturated carbocycles. The number of nitrogens with zero attached hydrogens (tertiary/aromatic N) is 6. The molecular weight excluding hydrogens is 740 g/mol. The Hall–Kier alpha value is -6.47. The van der Waals surface area contributed by atoms with E-state index in [1.54, 1.807) is 0 Å². The van der Waals surface area contributed by atoms with Gasteiger partial charge in [-0.2, -0.15) is 8.78 Å². The summed E-state index contributed by atoms with van der Waals surface area (Å²) >= 11 is 4.94. The van der Waals surface area contributed by atoms with E-state index in [0.717, 1.165) is 39.0 Å². The zero-order valence-corrected chi connectivity index (χ0v) is 29.1. The van der Waals surface area contributed by atoms with Gasteiger partial charge >= 0.3 is 23.4 Å². The molecule has 0 saturated heterocycles. The van der Waals surface area contributed by atoms with Crippen LogP contribution in [0.5, 0.6) is 11.5 Å². The van der Waals surface area contributed by atoms with Crippen LogP contribution in [0.3, 0.4) is 0 Å². The first-order valence-electron chi connectivity index (χ1n) is 15.9. The first-order chi connectivity index (χ1) is 25.5. The highest BCUT2D eigenvalue weighted by molar-refractivity contribution is 7.71. The normalized spacial score (nSPS) is 17.1. The summed E-state index contributed by atoms with van der Waals surface area (Å²) < 4.78 is 68.5. The number of benzene rings is 2. The van der Waals surface area contributed by atoms with Crippen LogP contribution in [0.4, 0.5) is 34.6 Å². The van der Waals surface area contributed by atoms with Crippen molar-refractivity contribution in [2.45, 2.75) is 31.8 Å². The van der Waals surface area contributed by atoms with Crippen LogP contribution in [-0.2, 0) is 33.3 Å². The number of amides is 4. The minimum Gasteiger partial charge on any atom is -0.481 e. The number of anilines is 3. The van der Waals surface area contributed by atoms with Crippen molar-refractivity contribution in [3.63, 3.8) is 0 Å². The molecule has 3 aliphatic heterocycles. The Morgan fingerprint density at radius 1 is 0.759 bits per heavy atom. The summed E-state index contributed by atoms with van der Waals surface area (Å²) in [6.07, 6.45) is 8.89. The number of alkyl halides is 2. The number of terminal acetylenes is 2. The number of carbonyl (C=O) groups is 4. The molecule has 7 rings (SSSR count). The number of ether oxygens (including phenoxy) is 2. The van der Waals surface area contributed by atoms with Gasteiger partial charge in [0.2, 0.25) is 0 Å². The summed E-state index contributed by atoms with van der Waals surface area (Å²) in [7, 11) is 2.55. The molecule has 1 aromatic heterocycles. The summed E-state index contributed by atoms with van der Waals surface area (Å²) in [6.45, 7) is -0.830. The van der Waals surface area contributed by atoms with E-state index in [4.69, 9.17) is 29.8 Å². The van der Waals surface area contributed by atoms with Crippen LogP contribution in [0.1, 0.15) is 25.7 Å². The summed E-state index contributed by atoms with van der Waals surface area (Å²) in [5.41, 5.74) is -1.84. The third-order valence-electron chi connectivity index (χ3n) is 8.92. The molecule has 278 valence electrons. The minimum absolute atomic E-state index is 0.0170. The van der Waals surface area contributed by atoms with Crippen molar-refractivity contribution in [3.8, 4) is 41.9 Å². The van der Waals surface area contributed by atoms with Gasteiger partial charge in [-0.3, -0.25) is 38.1 Å². The van der Waals surface area contributed by atoms with Crippen LogP contribution in [0.2, 0.25) is 0 Å². The Bertz CT molecular complexity index is 2440. The number of imide groups is 1. The van der Waals surface area contributed by atoms with E-state index < -0.39 is 64.8 Å². The van der Waals surface area contributed by atoms with Gasteiger partial charge in [-0.05, 0) is 50.0 Å². The van der Waals surface area contributed by atoms with Gasteiger partial charge in [-0.1, -0.05) is 11.8 Å². The summed E-state index contributed by atoms with van der Waals surface area (Å²) in [4.78, 5) is 76.9. The van der Waals surface area contributed by atoms with Crippen molar-refractivity contribution in [3.05, 3.63) is 72.8 Å². The van der Waals surface area contributed by atoms with E-state index in [9.17, 15) is 46.3 Å². The molecule has 4 amide bonds. The largest absolute Gasteiger partial charge is 0.483 e. The van der Waals surface area contributed by atoms with Crippen molar-refractivity contribution in [1.29, 1.82) is 0 Å². The van der Waals surface area contributed by atoms with Crippen molar-refractivity contribution < 1.29 is 46.2 Å². The Balaban J connectivity index is 0.000000185. The van der Waals surface area contributed by atoms with Crippen molar-refractivity contribution in [2.75, 3.05) is 34.4 Å². The van der Waals surface area contributed by atoms with Crippen LogP contribution < -0.4 is 35.6 Å². The Labute approximate surface area is 307 Å². The van der Waals surface area contributed by atoms with E-state index in [1.807, 2.05) is 5.92 Å². The SMILES string of the molecule is C#CCN1C(=O)C(F)(F)Oc2cc(F)c(-n3c(=O)n(C)c(=S)n(C)c3=O)cc21.C#CCN1C(=O)COc2cc(F)c(N3C(=O)C4=C(CCCC4)C3=O)cc21. The maximum atomic E-state index is 14.7. The molecule has 0 fully saturated rings. The highest BCUT2D eigenvalue weighted by Crippen LogP contribution is 2.43. The van der Waals surface area contributed by atoms with Crippen molar-refractivity contribution in [2.24, 2.45) is 14.1 Å². The fourth-order valence-corrected chi connectivity index (χ4v) is 6.43. The van der Waals surface area contributed by atoms with E-state index in [-0.39, 0.29) is 46.6 Å². The average molecular weight is 767 g/mol. The molecule has 19 heteroatoms. The molecule has 0 unspecified atom stereocenters. The maximum Gasteiger partial charge on any atom is 0.483 e. The third kappa shape index (κ3) is 6.01. The molecule has 3 aromatic rings. The lowest BCUT2D eigenvalue weighted by Crippen LogP contribution is -2.51. The minimum atomic E-state index is -4.25. The first kappa shape index (κ1) is 37.3. The molecule has 0 radical (unpaired) electrons. The molecule has 0 atom stereocenters. The molecule has 2 aromatic carbocycles. The number of hydrogen-bond acceptors (Lipinski definition) is 9. The molecule has 1 aliphatic carbocycles. The van der Waals surface area contributed by atoms with Gasteiger partial charge in [0.05, 0.1) is 35.8 Å². The Kier molecular flexibility index (Phi) is 9.55. The lowest BCUT2D eigenvalue weighted by atomic mass is 9.93. The van der Waals surface area contributed by atoms with Gasteiger partial charge in [0, 0.05) is 37.4 Å². The molecule has 0 spiro atoms. The smallest absolute Gasteiger partial charge is 0.481 e. The lowest BCUT2D eigenvalue weighted by Gasteiger charge is -2.32. The molecule has 0 N–H and O–H groups in total. The molecule has 14 nitrogen and oxygen atoms in total. The first-order valence-corrected chi connectivity index (χ1v) is 16.3. The molecule has 4 heterocycles. The Morgan fingerprint density at radius 2 is 1.26 bits per heavy atom. The van der Waals surface area contributed by atoms with Gasteiger partial charge in [-0.15, -0.1) is 12.8 Å². The third-order valence-corrected chi connectivity index (χ3v) is 9.47. The van der Waals surface area contributed by atoms with Crippen LogP contribution in [0.25, 0.3) is 5.69 Å². The summed E-state index contributed by atoms with van der Waals surface area (Å²) in [5.74, 6) is -1.20. The van der Waals surface area contributed by atoms with E-state index >= 15 is 0 Å². The number of carbonyl (C=O) groups excluding carboxylic acids is 4. The Morgan fingerprint density at radius 3 is 1.83 bits per heavy atom. The lowest BCUT2D eigenvalue weighted by molar-refractivity contribution is -0.192. The second-order valence-corrected chi connectivity index (χ2v) is 12.5. The van der Waals surface area contributed by atoms with Crippen LogP contribution in [0.15, 0.2) is 45.0 Å². The summed E-state index contributed by atoms with van der Waals surface area (Å²) in [6, 6.07) is 3.77. The number of halogens is 4. The second kappa shape index (κ2) is 13.8. The van der Waals surface area contributed by atoms with Gasteiger partial charge < -0.3 is 9.47 Å². The van der Waals surface area contributed by atoms with E-state index in [0.29, 0.717) is 39.5 Å². The van der Waals surface area contributed by atoms with E-state index in [1.165, 1.54) is 25.1 Å². The summed E-state index contributed by atoms with van der Waals surface area (Å²) in [5, 5.41) is 0. The maximum absolute atomic E-state index is 14.7. The fourth-order valence-electron chi connectivity index (χ4n) is 6.27. The number of aromatic nitrogens is 3. The molecule has 54 heavy (non-hydrogen) atoms. The zero-order chi connectivity index (χ0) is 39.4. The van der Waals surface area contributed by atoms with Crippen LogP contribution in [0, 0.1) is 41.1 Å². The van der Waals surface area contributed by atoms with Gasteiger partial charge in [0.1, 0.15) is 5.75 Å². The van der Waals surface area contributed by atoms with Crippen LogP contribution in [-0.4, -0.2) is 63.1 Å². The molecule has 0 bridgehead atoms. The second-order valence-electron chi connectivity index (χ2n) is 12.1. The predicted octanol–water partition coefficient (Wildman–Crippen LogP) is 2.62. The van der Waals surface area contributed by atoms with Crippen molar-refractivity contribution >= 4 is 52.9 Å². The van der Waals surface area contributed by atoms with Gasteiger partial charge in [-0.25, -0.2) is 27.8 Å². The molecule has 4 aliphatic rings. The highest BCUT2D eigenvalue weighted by Gasteiger charge is 2.51. The fraction of sp³-hybridized carbons (Fsp3) is 0.286. The quantitative estimate of drug-likeness (QED) is 0.169.